The summed E-state index contributed by atoms with van der Waals surface area (Å²) >= 11 is 0. The molecule has 12 nitrogen and oxygen atoms in total. The summed E-state index contributed by atoms with van der Waals surface area (Å²) in [6.45, 7) is 0. The second-order valence-electron chi connectivity index (χ2n) is 5.83. The fraction of sp³-hybridized carbons (Fsp3) is 0.0556. The SMILES string of the molecule is O=[N+]([O-])c1cc([N+](=O)[O-])c(O)c([N+](=O)[O-])c1.[O-][n+]1ccc(Cc2ccccc2)cc1. The summed E-state index contributed by atoms with van der Waals surface area (Å²) in [5.74, 6) is -1.21. The van der Waals surface area contributed by atoms with Crippen LogP contribution in [0.25, 0.3) is 0 Å². The van der Waals surface area contributed by atoms with Crippen LogP contribution in [-0.4, -0.2) is 19.9 Å². The lowest BCUT2D eigenvalue weighted by Crippen LogP contribution is -2.23. The van der Waals surface area contributed by atoms with E-state index in [-0.39, 0.29) is 0 Å². The van der Waals surface area contributed by atoms with Crippen LogP contribution in [0.4, 0.5) is 17.1 Å². The molecule has 0 saturated heterocycles. The summed E-state index contributed by atoms with van der Waals surface area (Å²) in [5, 5.41) is 51.0. The van der Waals surface area contributed by atoms with Gasteiger partial charge in [0.25, 0.3) is 11.4 Å². The van der Waals surface area contributed by atoms with Crippen molar-refractivity contribution in [2.24, 2.45) is 0 Å². The number of pyridine rings is 1. The number of non-ortho nitro benzene ring substituents is 1. The van der Waals surface area contributed by atoms with E-state index < -0.39 is 37.6 Å². The zero-order valence-corrected chi connectivity index (χ0v) is 15.2. The van der Waals surface area contributed by atoms with E-state index in [1.54, 1.807) is 0 Å². The van der Waals surface area contributed by atoms with Crippen LogP contribution in [0.3, 0.4) is 0 Å². The van der Waals surface area contributed by atoms with E-state index in [0.717, 1.165) is 16.7 Å². The predicted octanol–water partition coefficient (Wildman–Crippen LogP) is 3.03. The van der Waals surface area contributed by atoms with Gasteiger partial charge in [-0.05, 0) is 17.5 Å². The van der Waals surface area contributed by atoms with Crippen LogP contribution in [0.5, 0.6) is 5.75 Å². The van der Waals surface area contributed by atoms with Gasteiger partial charge in [0.1, 0.15) is 0 Å². The minimum absolute atomic E-state index is 0.447. The van der Waals surface area contributed by atoms with E-state index in [2.05, 4.69) is 12.1 Å². The minimum atomic E-state index is -1.21. The summed E-state index contributed by atoms with van der Waals surface area (Å²) in [6.07, 6.45) is 3.93. The Balaban J connectivity index is 0.000000215. The minimum Gasteiger partial charge on any atom is -0.619 e. The Labute approximate surface area is 168 Å². The molecule has 1 N–H and O–H groups in total. The molecule has 1 aromatic heterocycles. The van der Waals surface area contributed by atoms with Gasteiger partial charge in [-0.2, -0.15) is 4.73 Å². The van der Waals surface area contributed by atoms with Crippen molar-refractivity contribution in [3.63, 3.8) is 0 Å². The molecule has 0 fully saturated rings. The number of nitro groups is 3. The van der Waals surface area contributed by atoms with E-state index in [1.807, 2.05) is 30.3 Å². The van der Waals surface area contributed by atoms with Gasteiger partial charge in [0.2, 0.25) is 0 Å². The molecule has 2 aromatic carbocycles. The Morgan fingerprint density at radius 3 is 1.67 bits per heavy atom. The molecule has 0 spiro atoms. The number of hydrogen-bond donors (Lipinski definition) is 1. The third-order valence-electron chi connectivity index (χ3n) is 3.78. The number of phenols is 1. The van der Waals surface area contributed by atoms with Gasteiger partial charge in [0, 0.05) is 12.1 Å². The zero-order chi connectivity index (χ0) is 22.3. The van der Waals surface area contributed by atoms with Crippen molar-refractivity contribution >= 4 is 17.1 Å². The lowest BCUT2D eigenvalue weighted by molar-refractivity contribution is -0.605. The highest BCUT2D eigenvalue weighted by atomic mass is 16.6. The fourth-order valence-electron chi connectivity index (χ4n) is 2.37. The maximum atomic E-state index is 10.8. The van der Waals surface area contributed by atoms with E-state index in [1.165, 1.54) is 18.0 Å². The second kappa shape index (κ2) is 9.54. The molecule has 154 valence electrons. The molecule has 0 aliphatic carbocycles. The van der Waals surface area contributed by atoms with Crippen molar-refractivity contribution in [3.05, 3.63) is 114 Å². The fourth-order valence-corrected chi connectivity index (χ4v) is 2.37. The van der Waals surface area contributed by atoms with Gasteiger partial charge >= 0.3 is 11.4 Å². The Morgan fingerprint density at radius 1 is 0.767 bits per heavy atom. The first kappa shape index (κ1) is 21.7. The molecule has 0 unspecified atom stereocenters. The zero-order valence-electron chi connectivity index (χ0n) is 15.2. The van der Waals surface area contributed by atoms with E-state index in [9.17, 15) is 35.6 Å². The average Bonchev–Trinajstić information content (AvgIpc) is 2.70. The highest BCUT2D eigenvalue weighted by molar-refractivity contribution is 5.64. The summed E-state index contributed by atoms with van der Waals surface area (Å²) in [6, 6.07) is 14.8. The quantitative estimate of drug-likeness (QED) is 0.286. The second-order valence-corrected chi connectivity index (χ2v) is 5.83. The van der Waals surface area contributed by atoms with Crippen molar-refractivity contribution in [1.82, 2.24) is 0 Å². The Kier molecular flexibility index (Phi) is 6.90. The van der Waals surface area contributed by atoms with Crippen molar-refractivity contribution in [1.29, 1.82) is 0 Å². The van der Waals surface area contributed by atoms with Crippen LogP contribution in [0, 0.1) is 35.6 Å². The lowest BCUT2D eigenvalue weighted by Gasteiger charge is -2.01. The van der Waals surface area contributed by atoms with Crippen LogP contribution < -0.4 is 4.73 Å². The van der Waals surface area contributed by atoms with E-state index in [0.29, 0.717) is 12.1 Å². The average molecular weight is 414 g/mol. The van der Waals surface area contributed by atoms with Gasteiger partial charge in [-0.3, -0.25) is 30.3 Å². The third kappa shape index (κ3) is 5.69. The molecule has 0 radical (unpaired) electrons. The molecule has 3 aromatic rings. The topological polar surface area (TPSA) is 177 Å². The third-order valence-corrected chi connectivity index (χ3v) is 3.78. The number of nitrogens with zero attached hydrogens (tertiary/aromatic N) is 4. The first-order valence-electron chi connectivity index (χ1n) is 8.21. The molecule has 30 heavy (non-hydrogen) atoms. The molecule has 0 saturated carbocycles. The maximum absolute atomic E-state index is 10.8. The monoisotopic (exact) mass is 414 g/mol. The van der Waals surface area contributed by atoms with Gasteiger partial charge in [-0.25, -0.2) is 0 Å². The van der Waals surface area contributed by atoms with E-state index in [4.69, 9.17) is 5.11 Å². The summed E-state index contributed by atoms with van der Waals surface area (Å²) in [4.78, 5) is 27.8. The molecule has 12 heteroatoms. The molecule has 0 aliphatic rings. The molecule has 1 heterocycles. The Bertz CT molecular complexity index is 1040. The molecule has 0 aliphatic heterocycles. The number of aromatic hydroxyl groups is 1. The summed E-state index contributed by atoms with van der Waals surface area (Å²) < 4.78 is 0.800. The van der Waals surface area contributed by atoms with Gasteiger partial charge in [0.15, 0.2) is 12.4 Å². The van der Waals surface area contributed by atoms with Crippen molar-refractivity contribution in [2.75, 3.05) is 0 Å². The first-order valence-corrected chi connectivity index (χ1v) is 8.21. The highest BCUT2D eigenvalue weighted by Crippen LogP contribution is 2.38. The van der Waals surface area contributed by atoms with Gasteiger partial charge < -0.3 is 10.3 Å². The molecule has 0 atom stereocenters. The largest absolute Gasteiger partial charge is 0.619 e. The number of nitro benzene ring substituents is 3. The molecular weight excluding hydrogens is 400 g/mol. The van der Waals surface area contributed by atoms with Gasteiger partial charge in [0.05, 0.1) is 26.9 Å². The normalized spacial score (nSPS) is 9.87. The molecule has 0 bridgehead atoms. The Morgan fingerprint density at radius 2 is 1.23 bits per heavy atom. The number of aromatic nitrogens is 1. The highest BCUT2D eigenvalue weighted by Gasteiger charge is 2.30. The van der Waals surface area contributed by atoms with Crippen molar-refractivity contribution in [3.8, 4) is 5.75 Å². The first-order chi connectivity index (χ1) is 14.2. The number of hydrogen-bond acceptors (Lipinski definition) is 8. The van der Waals surface area contributed by atoms with Crippen LogP contribution in [0.1, 0.15) is 11.1 Å². The number of benzene rings is 2. The smallest absolute Gasteiger partial charge is 0.324 e. The van der Waals surface area contributed by atoms with Crippen molar-refractivity contribution < 1.29 is 24.6 Å². The van der Waals surface area contributed by atoms with Gasteiger partial charge in [-0.1, -0.05) is 30.3 Å². The molecular formula is C18H14N4O8. The Hall–Kier alpha value is -4.61. The standard InChI is InChI=1S/C12H11NO.C6H3N3O7/c14-13-8-6-12(7-9-13)10-11-4-2-1-3-5-11;10-6-4(8(13)14)1-3(7(11)12)2-5(6)9(15)16/h1-9H,10H2;1-2,10H. The maximum Gasteiger partial charge on any atom is 0.324 e. The summed E-state index contributed by atoms with van der Waals surface area (Å²) in [5.41, 5.74) is -0.586. The van der Waals surface area contributed by atoms with Crippen LogP contribution in [-0.2, 0) is 6.42 Å². The van der Waals surface area contributed by atoms with Crippen LogP contribution >= 0.6 is 0 Å². The summed E-state index contributed by atoms with van der Waals surface area (Å²) in [7, 11) is 0. The van der Waals surface area contributed by atoms with Crippen LogP contribution in [0.2, 0.25) is 0 Å². The predicted molar refractivity (Wildman–Crippen MR) is 103 cm³/mol. The molecule has 3 rings (SSSR count). The number of rotatable bonds is 5. The van der Waals surface area contributed by atoms with E-state index >= 15 is 0 Å². The number of phenolic OH excluding ortho intramolecular Hbond substituents is 1. The lowest BCUT2D eigenvalue weighted by atomic mass is 10.1. The van der Waals surface area contributed by atoms with Gasteiger partial charge in [-0.15, -0.1) is 0 Å². The van der Waals surface area contributed by atoms with Crippen molar-refractivity contribution in [2.45, 2.75) is 6.42 Å². The molecule has 0 amide bonds. The van der Waals surface area contributed by atoms with Crippen LogP contribution in [0.15, 0.2) is 67.0 Å².